The lowest BCUT2D eigenvalue weighted by molar-refractivity contribution is 0.182. The highest BCUT2D eigenvalue weighted by Gasteiger charge is 2.67. The number of rotatable bonds is 7. The highest BCUT2D eigenvalue weighted by molar-refractivity contribution is 9.39. The van der Waals surface area contributed by atoms with Crippen molar-refractivity contribution in [2.75, 3.05) is 6.26 Å². The van der Waals surface area contributed by atoms with Crippen molar-refractivity contribution < 1.29 is 17.3 Å². The number of nitriles is 1. The summed E-state index contributed by atoms with van der Waals surface area (Å²) < 4.78 is 34.2. The molecule has 0 aromatic heterocycles. The lowest BCUT2D eigenvalue weighted by Gasteiger charge is -2.26. The molecular weight excluding hydrogens is 614 g/mol. The van der Waals surface area contributed by atoms with Crippen molar-refractivity contribution in [3.05, 3.63) is 60.2 Å². The van der Waals surface area contributed by atoms with E-state index in [1.807, 2.05) is 68.4 Å². The Morgan fingerprint density at radius 1 is 1.03 bits per heavy atom. The molecule has 0 unspecified atom stereocenters. The van der Waals surface area contributed by atoms with Crippen molar-refractivity contribution in [1.29, 1.82) is 5.26 Å². The number of nitrogens with zero attached hydrogens (tertiary/aromatic N) is 1. The molecule has 0 spiro atoms. The quantitative estimate of drug-likeness (QED) is 0.255. The van der Waals surface area contributed by atoms with Crippen molar-refractivity contribution in [3.8, 4) is 17.6 Å². The van der Waals surface area contributed by atoms with Crippen LogP contribution in [0.25, 0.3) is 0 Å². The molecule has 0 heterocycles. The van der Waals surface area contributed by atoms with Crippen molar-refractivity contribution in [3.63, 3.8) is 0 Å². The minimum atomic E-state index is -3.72. The number of hydrogen-bond acceptors (Lipinski definition) is 5. The van der Waals surface area contributed by atoms with Crippen LogP contribution < -0.4 is 4.74 Å². The minimum absolute atomic E-state index is 0.122. The van der Waals surface area contributed by atoms with Crippen LogP contribution in [0.2, 0.25) is 0 Å². The zero-order valence-corrected chi connectivity index (χ0v) is 22.7. The summed E-state index contributed by atoms with van der Waals surface area (Å²) in [6.07, 6.45) is 0.261. The number of para-hydroxylation sites is 1. The van der Waals surface area contributed by atoms with Crippen molar-refractivity contribution in [1.82, 2.24) is 0 Å². The van der Waals surface area contributed by atoms with Gasteiger partial charge in [0, 0.05) is 5.92 Å². The molecule has 1 aliphatic rings. The van der Waals surface area contributed by atoms with Gasteiger partial charge in [0.25, 0.3) is 10.1 Å². The highest BCUT2D eigenvalue weighted by atomic mass is 80.0. The van der Waals surface area contributed by atoms with Gasteiger partial charge in [0.15, 0.2) is 2.14 Å². The zero-order valence-electron chi connectivity index (χ0n) is 17.1. The fraction of sp³-hybridized carbons (Fsp3) is 0.409. The summed E-state index contributed by atoms with van der Waals surface area (Å²) in [6.45, 7) is 4.04. The maximum Gasteiger partial charge on any atom is 0.264 e. The Morgan fingerprint density at radius 2 is 1.65 bits per heavy atom. The topological polar surface area (TPSA) is 76.4 Å². The van der Waals surface area contributed by atoms with Gasteiger partial charge in [-0.2, -0.15) is 13.7 Å². The predicted octanol–water partition coefficient (Wildman–Crippen LogP) is 6.54. The second-order valence-electron chi connectivity index (χ2n) is 8.23. The van der Waals surface area contributed by atoms with Gasteiger partial charge in [-0.15, -0.1) is 0 Å². The molecule has 9 heteroatoms. The van der Waals surface area contributed by atoms with E-state index in [2.05, 4.69) is 53.9 Å². The number of halogens is 3. The molecule has 2 aromatic carbocycles. The van der Waals surface area contributed by atoms with Gasteiger partial charge in [-0.25, -0.2) is 0 Å². The Morgan fingerprint density at radius 3 is 2.19 bits per heavy atom. The molecule has 0 radical (unpaired) electrons. The third kappa shape index (κ3) is 5.91. The maximum atomic E-state index is 11.9. The van der Waals surface area contributed by atoms with Gasteiger partial charge in [-0.1, -0.05) is 92.0 Å². The Hall–Kier alpha value is -0.920. The summed E-state index contributed by atoms with van der Waals surface area (Å²) in [7, 11) is -3.72. The molecule has 2 aromatic rings. The first-order valence-electron chi connectivity index (χ1n) is 9.52. The average Bonchev–Trinajstić information content (AvgIpc) is 3.21. The van der Waals surface area contributed by atoms with Gasteiger partial charge < -0.3 is 4.74 Å². The van der Waals surface area contributed by atoms with E-state index < -0.39 is 24.3 Å². The zero-order chi connectivity index (χ0) is 23.0. The molecule has 0 aliphatic heterocycles. The number of benzene rings is 2. The lowest BCUT2D eigenvalue weighted by atomic mass is 9.91. The van der Waals surface area contributed by atoms with Gasteiger partial charge in [-0.05, 0) is 41.2 Å². The predicted molar refractivity (Wildman–Crippen MR) is 131 cm³/mol. The van der Waals surface area contributed by atoms with Gasteiger partial charge in [-0.3, -0.25) is 4.18 Å². The Kier molecular flexibility index (Phi) is 7.29. The molecule has 5 nitrogen and oxygen atoms in total. The molecular formula is C22H22Br3NO4S. The van der Waals surface area contributed by atoms with E-state index in [0.29, 0.717) is 11.5 Å². The van der Waals surface area contributed by atoms with Gasteiger partial charge in [0.2, 0.25) is 0 Å². The van der Waals surface area contributed by atoms with Crippen LogP contribution in [0.15, 0.2) is 54.6 Å². The summed E-state index contributed by atoms with van der Waals surface area (Å²) in [5.41, 5.74) is 0.492. The fourth-order valence-corrected chi connectivity index (χ4v) is 6.34. The lowest BCUT2D eigenvalue weighted by Crippen LogP contribution is -2.34. The van der Waals surface area contributed by atoms with Crippen LogP contribution in [-0.2, 0) is 14.3 Å². The summed E-state index contributed by atoms with van der Waals surface area (Å²) >= 11 is 10.3. The molecule has 1 saturated carbocycles. The first kappa shape index (κ1) is 24.7. The minimum Gasteiger partial charge on any atom is -0.457 e. The normalized spacial score (nSPS) is 22.2. The molecule has 4 atom stereocenters. The van der Waals surface area contributed by atoms with Crippen LogP contribution in [0.3, 0.4) is 0 Å². The molecule has 1 aliphatic carbocycles. The summed E-state index contributed by atoms with van der Waals surface area (Å²) in [4.78, 5) is 0. The standard InChI is InChI=1S/C22H22Br3NO4S/c1-21(2)18(19(21)20(22(23,24)25)30-31(3,27)28)17(13-26)14-8-7-11-16(12-14)29-15-9-5-4-6-10-15/h4-12,17-20H,1-3H3/t17-,18-,19-,20-/m1/s1. The highest BCUT2D eigenvalue weighted by Crippen LogP contribution is 2.68. The molecule has 0 bridgehead atoms. The monoisotopic (exact) mass is 633 g/mol. The summed E-state index contributed by atoms with van der Waals surface area (Å²) in [6, 6.07) is 19.3. The molecule has 0 saturated heterocycles. The van der Waals surface area contributed by atoms with Gasteiger partial charge in [0.05, 0.1) is 18.2 Å². The van der Waals surface area contributed by atoms with Crippen molar-refractivity contribution in [2.24, 2.45) is 17.3 Å². The second kappa shape index (κ2) is 9.14. The number of ether oxygens (including phenoxy) is 1. The van der Waals surface area contributed by atoms with Crippen LogP contribution in [-0.4, -0.2) is 22.9 Å². The Labute approximate surface area is 208 Å². The largest absolute Gasteiger partial charge is 0.457 e. The van der Waals surface area contributed by atoms with Crippen LogP contribution in [0.5, 0.6) is 11.5 Å². The third-order valence-corrected chi connectivity index (χ3v) is 7.53. The third-order valence-electron chi connectivity index (χ3n) is 5.62. The van der Waals surface area contributed by atoms with E-state index in [9.17, 15) is 13.7 Å². The van der Waals surface area contributed by atoms with Crippen LogP contribution in [0.1, 0.15) is 25.3 Å². The first-order valence-corrected chi connectivity index (χ1v) is 13.7. The van der Waals surface area contributed by atoms with Crippen LogP contribution >= 0.6 is 47.8 Å². The maximum absolute atomic E-state index is 11.9. The van der Waals surface area contributed by atoms with Gasteiger partial charge >= 0.3 is 0 Å². The van der Waals surface area contributed by atoms with Crippen molar-refractivity contribution >= 4 is 57.9 Å². The van der Waals surface area contributed by atoms with E-state index in [1.54, 1.807) is 0 Å². The molecule has 1 fully saturated rings. The Bertz CT molecular complexity index is 1080. The smallest absolute Gasteiger partial charge is 0.264 e. The number of hydrogen-bond donors (Lipinski definition) is 0. The average molecular weight is 636 g/mol. The molecule has 0 N–H and O–H groups in total. The van der Waals surface area contributed by atoms with Crippen LogP contribution in [0.4, 0.5) is 0 Å². The second-order valence-corrected chi connectivity index (χ2v) is 16.8. The molecule has 31 heavy (non-hydrogen) atoms. The number of alkyl halides is 3. The molecule has 0 amide bonds. The van der Waals surface area contributed by atoms with E-state index in [0.717, 1.165) is 11.8 Å². The first-order chi connectivity index (χ1) is 14.3. The van der Waals surface area contributed by atoms with E-state index in [1.165, 1.54) is 0 Å². The fourth-order valence-electron chi connectivity index (χ4n) is 4.20. The SMILES string of the molecule is CC1(C)[C@@H]([C@@H](OS(C)(=O)=O)C(Br)(Br)Br)[C@H]1[C@H](C#N)c1cccc(Oc2ccccc2)c1. The van der Waals surface area contributed by atoms with Gasteiger partial charge in [0.1, 0.15) is 17.6 Å². The van der Waals surface area contributed by atoms with Crippen molar-refractivity contribution in [2.45, 2.75) is 28.0 Å². The molecule has 166 valence electrons. The summed E-state index contributed by atoms with van der Waals surface area (Å²) in [5, 5.41) is 10.1. The van der Waals surface area contributed by atoms with E-state index in [-0.39, 0.29) is 17.3 Å². The molecule has 3 rings (SSSR count). The Balaban J connectivity index is 1.90. The summed E-state index contributed by atoms with van der Waals surface area (Å²) in [5.74, 6) is 0.563. The van der Waals surface area contributed by atoms with E-state index in [4.69, 9.17) is 8.92 Å². The van der Waals surface area contributed by atoms with E-state index >= 15 is 0 Å². The van der Waals surface area contributed by atoms with Crippen LogP contribution in [0, 0.1) is 28.6 Å².